The van der Waals surface area contributed by atoms with Crippen LogP contribution in [0.2, 0.25) is 0 Å². The zero-order valence-corrected chi connectivity index (χ0v) is 14.4. The molecule has 0 bridgehead atoms. The minimum atomic E-state index is 0.324. The summed E-state index contributed by atoms with van der Waals surface area (Å²) in [5.41, 5.74) is 3.09. The van der Waals surface area contributed by atoms with E-state index >= 15 is 0 Å². The van der Waals surface area contributed by atoms with Crippen LogP contribution in [0, 0.1) is 11.3 Å². The van der Waals surface area contributed by atoms with Crippen molar-refractivity contribution in [3.63, 3.8) is 0 Å². The molecule has 0 aromatic heterocycles. The molecule has 1 N–H and O–H groups in total. The molecule has 2 aromatic carbocycles. The number of hydrogen-bond acceptors (Lipinski definition) is 3. The summed E-state index contributed by atoms with van der Waals surface area (Å²) in [4.78, 5) is 0. The van der Waals surface area contributed by atoms with Crippen molar-refractivity contribution >= 4 is 0 Å². The van der Waals surface area contributed by atoms with Gasteiger partial charge in [-0.05, 0) is 44.0 Å². The summed E-state index contributed by atoms with van der Waals surface area (Å²) in [6, 6.07) is 16.8. The fraction of sp³-hybridized carbons (Fsp3) is 0.381. The van der Waals surface area contributed by atoms with Crippen molar-refractivity contribution in [1.82, 2.24) is 5.32 Å². The molecule has 2 atom stereocenters. The second-order valence-electron chi connectivity index (χ2n) is 6.30. The number of benzene rings is 2. The van der Waals surface area contributed by atoms with E-state index in [9.17, 15) is 0 Å². The molecular weight excluding hydrogens is 296 g/mol. The lowest BCUT2D eigenvalue weighted by molar-refractivity contribution is 0.416. The first-order valence-electron chi connectivity index (χ1n) is 8.81. The van der Waals surface area contributed by atoms with Gasteiger partial charge >= 0.3 is 0 Å². The van der Waals surface area contributed by atoms with E-state index in [0.29, 0.717) is 17.5 Å². The summed E-state index contributed by atoms with van der Waals surface area (Å²) in [5.74, 6) is 2.07. The van der Waals surface area contributed by atoms with Crippen molar-refractivity contribution in [2.75, 3.05) is 6.54 Å². The molecule has 3 rings (SSSR count). The highest BCUT2D eigenvalue weighted by atomic mass is 16.5. The molecule has 3 heteroatoms. The lowest BCUT2D eigenvalue weighted by atomic mass is 9.83. The molecule has 1 heterocycles. The number of fused-ring (bicyclic) bond motifs is 2. The molecule has 3 nitrogen and oxygen atoms in total. The van der Waals surface area contributed by atoms with Gasteiger partial charge in [-0.1, -0.05) is 38.1 Å². The number of nitriles is 1. The molecule has 2 aromatic rings. The lowest BCUT2D eigenvalue weighted by Crippen LogP contribution is -2.28. The van der Waals surface area contributed by atoms with Crippen LogP contribution in [-0.4, -0.2) is 12.6 Å². The first kappa shape index (κ1) is 16.5. The fourth-order valence-electron chi connectivity index (χ4n) is 3.55. The van der Waals surface area contributed by atoms with E-state index in [1.165, 1.54) is 11.1 Å². The molecule has 0 amide bonds. The number of para-hydroxylation sites is 1. The van der Waals surface area contributed by atoms with Crippen LogP contribution < -0.4 is 10.1 Å². The summed E-state index contributed by atoms with van der Waals surface area (Å²) in [7, 11) is 0. The van der Waals surface area contributed by atoms with Gasteiger partial charge in [-0.2, -0.15) is 5.26 Å². The Balaban J connectivity index is 1.91. The van der Waals surface area contributed by atoms with Crippen molar-refractivity contribution in [3.8, 4) is 17.6 Å². The van der Waals surface area contributed by atoms with E-state index in [4.69, 9.17) is 10.00 Å². The van der Waals surface area contributed by atoms with Crippen molar-refractivity contribution in [3.05, 3.63) is 59.2 Å². The molecule has 0 fully saturated rings. The summed E-state index contributed by atoms with van der Waals surface area (Å²) in [6.07, 6.45) is 3.34. The second-order valence-corrected chi connectivity index (χ2v) is 6.30. The van der Waals surface area contributed by atoms with Gasteiger partial charge in [-0.25, -0.2) is 0 Å². The van der Waals surface area contributed by atoms with E-state index in [1.807, 2.05) is 24.3 Å². The van der Waals surface area contributed by atoms with Crippen molar-refractivity contribution in [2.45, 2.75) is 45.1 Å². The van der Waals surface area contributed by atoms with Gasteiger partial charge in [-0.15, -0.1) is 0 Å². The molecule has 0 saturated heterocycles. The van der Waals surface area contributed by atoms with E-state index in [0.717, 1.165) is 37.3 Å². The van der Waals surface area contributed by atoms with Crippen molar-refractivity contribution in [1.29, 1.82) is 5.26 Å². The predicted octanol–water partition coefficient (Wildman–Crippen LogP) is 4.96. The summed E-state index contributed by atoms with van der Waals surface area (Å²) < 4.78 is 6.06. The number of rotatable bonds is 6. The molecule has 1 aliphatic heterocycles. The Morgan fingerprint density at radius 3 is 2.67 bits per heavy atom. The maximum Gasteiger partial charge on any atom is 0.132 e. The van der Waals surface area contributed by atoms with E-state index in [2.05, 4.69) is 43.4 Å². The SMILES string of the molecule is CCNC(CC)CCC1c2ccccc2Oc2cc(C#N)ccc21. The second kappa shape index (κ2) is 7.51. The number of nitrogens with zero attached hydrogens (tertiary/aromatic N) is 1. The van der Waals surface area contributed by atoms with Crippen molar-refractivity contribution in [2.24, 2.45) is 0 Å². The van der Waals surface area contributed by atoms with Gasteiger partial charge in [0.1, 0.15) is 11.5 Å². The highest BCUT2D eigenvalue weighted by Crippen LogP contribution is 2.46. The molecule has 124 valence electrons. The Hall–Kier alpha value is -2.31. The molecule has 0 saturated carbocycles. The minimum absolute atomic E-state index is 0.324. The number of ether oxygens (including phenoxy) is 1. The number of nitrogens with one attached hydrogen (secondary N) is 1. The normalized spacial score (nSPS) is 16.5. The topological polar surface area (TPSA) is 45.0 Å². The van der Waals surface area contributed by atoms with Crippen LogP contribution in [0.15, 0.2) is 42.5 Å². The largest absolute Gasteiger partial charge is 0.457 e. The van der Waals surface area contributed by atoms with Gasteiger partial charge in [0.25, 0.3) is 0 Å². The summed E-state index contributed by atoms with van der Waals surface area (Å²) >= 11 is 0. The average Bonchev–Trinajstić information content (AvgIpc) is 2.63. The standard InChI is InChI=1S/C21H24N2O/c1-3-16(23-4-2)10-12-17-18-7-5-6-8-20(18)24-21-13-15(14-22)9-11-19(17)21/h5-9,11,13,16-17,23H,3-4,10,12H2,1-2H3. The van der Waals surface area contributed by atoms with Crippen LogP contribution in [-0.2, 0) is 0 Å². The lowest BCUT2D eigenvalue weighted by Gasteiger charge is -2.29. The van der Waals surface area contributed by atoms with Gasteiger partial charge < -0.3 is 10.1 Å². The van der Waals surface area contributed by atoms with E-state index in [1.54, 1.807) is 0 Å². The molecule has 1 aliphatic rings. The monoisotopic (exact) mass is 320 g/mol. The first-order valence-corrected chi connectivity index (χ1v) is 8.81. The van der Waals surface area contributed by atoms with Crippen LogP contribution >= 0.6 is 0 Å². The average molecular weight is 320 g/mol. The third-order valence-electron chi connectivity index (χ3n) is 4.82. The Morgan fingerprint density at radius 1 is 1.12 bits per heavy atom. The third kappa shape index (κ3) is 3.29. The summed E-state index contributed by atoms with van der Waals surface area (Å²) in [6.45, 7) is 5.40. The van der Waals surface area contributed by atoms with Crippen LogP contribution in [0.4, 0.5) is 0 Å². The maximum atomic E-state index is 9.15. The molecule has 24 heavy (non-hydrogen) atoms. The van der Waals surface area contributed by atoms with Gasteiger partial charge in [0, 0.05) is 23.1 Å². The quantitative estimate of drug-likeness (QED) is 0.818. The molecule has 0 spiro atoms. The van der Waals surface area contributed by atoms with Gasteiger partial charge in [-0.3, -0.25) is 0 Å². The van der Waals surface area contributed by atoms with Crippen molar-refractivity contribution < 1.29 is 4.74 Å². The smallest absolute Gasteiger partial charge is 0.132 e. The van der Waals surface area contributed by atoms with Crippen LogP contribution in [0.5, 0.6) is 11.5 Å². The Morgan fingerprint density at radius 2 is 1.92 bits per heavy atom. The molecule has 0 aliphatic carbocycles. The van der Waals surface area contributed by atoms with Crippen LogP contribution in [0.3, 0.4) is 0 Å². The number of hydrogen-bond donors (Lipinski definition) is 1. The van der Waals surface area contributed by atoms with Crippen LogP contribution in [0.25, 0.3) is 0 Å². The summed E-state index contributed by atoms with van der Waals surface area (Å²) in [5, 5.41) is 12.7. The van der Waals surface area contributed by atoms with E-state index in [-0.39, 0.29) is 0 Å². The van der Waals surface area contributed by atoms with Gasteiger partial charge in [0.15, 0.2) is 0 Å². The minimum Gasteiger partial charge on any atom is -0.457 e. The maximum absolute atomic E-state index is 9.15. The zero-order chi connectivity index (χ0) is 16.9. The van der Waals surface area contributed by atoms with Crippen LogP contribution in [0.1, 0.15) is 55.7 Å². The molecule has 2 unspecified atom stereocenters. The molecular formula is C21H24N2O. The highest BCUT2D eigenvalue weighted by molar-refractivity contribution is 5.55. The first-order chi connectivity index (χ1) is 11.8. The Labute approximate surface area is 144 Å². The molecule has 0 radical (unpaired) electrons. The fourth-order valence-corrected chi connectivity index (χ4v) is 3.55. The Bertz CT molecular complexity index is 748. The third-order valence-corrected chi connectivity index (χ3v) is 4.82. The van der Waals surface area contributed by atoms with Gasteiger partial charge in [0.05, 0.1) is 11.6 Å². The zero-order valence-electron chi connectivity index (χ0n) is 14.4. The highest BCUT2D eigenvalue weighted by Gasteiger charge is 2.27. The van der Waals surface area contributed by atoms with Gasteiger partial charge in [0.2, 0.25) is 0 Å². The predicted molar refractivity (Wildman–Crippen MR) is 96.5 cm³/mol. The van der Waals surface area contributed by atoms with E-state index < -0.39 is 0 Å². The Kier molecular flexibility index (Phi) is 5.17.